The van der Waals surface area contributed by atoms with E-state index in [1.54, 1.807) is 0 Å². The minimum absolute atomic E-state index is 0.204. The molecule has 1 aliphatic rings. The summed E-state index contributed by atoms with van der Waals surface area (Å²) >= 11 is 0. The lowest BCUT2D eigenvalue weighted by atomic mass is 9.97. The maximum absolute atomic E-state index is 12.1. The Morgan fingerprint density at radius 1 is 1.33 bits per heavy atom. The number of ether oxygens (including phenoxy) is 1. The number of carbonyl (C=O) groups excluding carboxylic acids is 1. The minimum Gasteiger partial charge on any atom is -0.444 e. The van der Waals surface area contributed by atoms with Crippen molar-refractivity contribution >= 4 is 6.09 Å². The van der Waals surface area contributed by atoms with E-state index in [0.29, 0.717) is 12.5 Å². The lowest BCUT2D eigenvalue weighted by Crippen LogP contribution is -2.35. The van der Waals surface area contributed by atoms with Crippen LogP contribution in [-0.2, 0) is 11.2 Å². The van der Waals surface area contributed by atoms with Crippen molar-refractivity contribution in [2.45, 2.75) is 45.1 Å². The number of carbonyl (C=O) groups is 1. The zero-order valence-electron chi connectivity index (χ0n) is 13.3. The summed E-state index contributed by atoms with van der Waals surface area (Å²) in [6.45, 7) is 7.88. The molecular formula is C17H26N2O2. The van der Waals surface area contributed by atoms with Crippen molar-refractivity contribution in [3.8, 4) is 0 Å². The molecule has 2 N–H and O–H groups in total. The molecule has 1 atom stereocenters. The Morgan fingerprint density at radius 3 is 2.57 bits per heavy atom. The molecule has 1 amide bonds. The van der Waals surface area contributed by atoms with Gasteiger partial charge in [0.15, 0.2) is 0 Å². The molecule has 2 rings (SSSR count). The Kier molecular flexibility index (Phi) is 4.88. The summed E-state index contributed by atoms with van der Waals surface area (Å²) < 4.78 is 5.43. The van der Waals surface area contributed by atoms with Gasteiger partial charge in [0.1, 0.15) is 5.60 Å². The van der Waals surface area contributed by atoms with Crippen LogP contribution in [0.4, 0.5) is 4.79 Å². The van der Waals surface area contributed by atoms with E-state index in [2.05, 4.69) is 24.3 Å². The highest BCUT2D eigenvalue weighted by Crippen LogP contribution is 2.28. The Balaban J connectivity index is 1.94. The number of amides is 1. The topological polar surface area (TPSA) is 55.6 Å². The molecule has 116 valence electrons. The maximum Gasteiger partial charge on any atom is 0.410 e. The standard InChI is InChI=1S/C17H26N2O2/c1-17(2,3)21-16(20)19-11-9-15(12-19)14-6-4-13(5-7-14)8-10-18/h4-7,15H,8-12,18H2,1-3H3. The third-order valence-electron chi connectivity index (χ3n) is 3.72. The normalized spacial score (nSPS) is 18.9. The van der Waals surface area contributed by atoms with E-state index in [0.717, 1.165) is 25.9 Å². The Morgan fingerprint density at radius 2 is 2.00 bits per heavy atom. The average Bonchev–Trinajstić information content (AvgIpc) is 2.88. The van der Waals surface area contributed by atoms with Gasteiger partial charge < -0.3 is 15.4 Å². The second kappa shape index (κ2) is 6.48. The zero-order valence-corrected chi connectivity index (χ0v) is 13.3. The molecule has 1 heterocycles. The van der Waals surface area contributed by atoms with Crippen LogP contribution in [0.15, 0.2) is 24.3 Å². The summed E-state index contributed by atoms with van der Waals surface area (Å²) in [7, 11) is 0. The lowest BCUT2D eigenvalue weighted by Gasteiger charge is -2.24. The van der Waals surface area contributed by atoms with Gasteiger partial charge in [-0.2, -0.15) is 0 Å². The number of hydrogen-bond donors (Lipinski definition) is 1. The Hall–Kier alpha value is -1.55. The van der Waals surface area contributed by atoms with Crippen molar-refractivity contribution in [3.05, 3.63) is 35.4 Å². The summed E-state index contributed by atoms with van der Waals surface area (Å²) in [5, 5.41) is 0. The van der Waals surface area contributed by atoms with E-state index in [9.17, 15) is 4.79 Å². The molecule has 0 aromatic heterocycles. The molecule has 0 spiro atoms. The molecule has 1 aromatic rings. The van der Waals surface area contributed by atoms with E-state index in [4.69, 9.17) is 10.5 Å². The van der Waals surface area contributed by atoms with Crippen LogP contribution in [0.1, 0.15) is 44.2 Å². The van der Waals surface area contributed by atoms with Gasteiger partial charge in [0.25, 0.3) is 0 Å². The SMILES string of the molecule is CC(C)(C)OC(=O)N1CCC(c2ccc(CCN)cc2)C1. The fourth-order valence-electron chi connectivity index (χ4n) is 2.65. The van der Waals surface area contributed by atoms with Crippen LogP contribution >= 0.6 is 0 Å². The van der Waals surface area contributed by atoms with Gasteiger partial charge in [0.2, 0.25) is 0 Å². The molecule has 0 radical (unpaired) electrons. The number of nitrogens with zero attached hydrogens (tertiary/aromatic N) is 1. The van der Waals surface area contributed by atoms with Crippen molar-refractivity contribution < 1.29 is 9.53 Å². The minimum atomic E-state index is -0.432. The molecule has 1 aromatic carbocycles. The largest absolute Gasteiger partial charge is 0.444 e. The predicted molar refractivity (Wildman–Crippen MR) is 84.4 cm³/mol. The van der Waals surface area contributed by atoms with Crippen LogP contribution < -0.4 is 5.73 Å². The fourth-order valence-corrected chi connectivity index (χ4v) is 2.65. The predicted octanol–water partition coefficient (Wildman–Crippen LogP) is 2.91. The third-order valence-corrected chi connectivity index (χ3v) is 3.72. The quantitative estimate of drug-likeness (QED) is 0.931. The summed E-state index contributed by atoms with van der Waals surface area (Å²) in [5.41, 5.74) is 7.69. The summed E-state index contributed by atoms with van der Waals surface area (Å²) in [6.07, 6.45) is 1.70. The van der Waals surface area contributed by atoms with Crippen molar-refractivity contribution in [2.24, 2.45) is 5.73 Å². The van der Waals surface area contributed by atoms with E-state index in [-0.39, 0.29) is 6.09 Å². The molecule has 0 aliphatic carbocycles. The van der Waals surface area contributed by atoms with Gasteiger partial charge in [-0.05, 0) is 51.3 Å². The van der Waals surface area contributed by atoms with Crippen molar-refractivity contribution in [3.63, 3.8) is 0 Å². The van der Waals surface area contributed by atoms with Crippen molar-refractivity contribution in [1.82, 2.24) is 4.90 Å². The second-order valence-corrected chi connectivity index (χ2v) is 6.69. The van der Waals surface area contributed by atoms with Crippen molar-refractivity contribution in [1.29, 1.82) is 0 Å². The first-order valence-corrected chi connectivity index (χ1v) is 7.66. The molecule has 4 heteroatoms. The molecule has 4 nitrogen and oxygen atoms in total. The van der Waals surface area contributed by atoms with Crippen molar-refractivity contribution in [2.75, 3.05) is 19.6 Å². The summed E-state index contributed by atoms with van der Waals surface area (Å²) in [5.74, 6) is 0.407. The molecule has 0 saturated carbocycles. The van der Waals surface area contributed by atoms with E-state index < -0.39 is 5.60 Å². The molecule has 1 fully saturated rings. The first-order chi connectivity index (χ1) is 9.89. The number of hydrogen-bond acceptors (Lipinski definition) is 3. The van der Waals surface area contributed by atoms with Gasteiger partial charge >= 0.3 is 6.09 Å². The zero-order chi connectivity index (χ0) is 15.5. The van der Waals surface area contributed by atoms with Crippen LogP contribution in [0.3, 0.4) is 0 Å². The average molecular weight is 290 g/mol. The van der Waals surface area contributed by atoms with Crippen LogP contribution in [-0.4, -0.2) is 36.2 Å². The maximum atomic E-state index is 12.1. The molecule has 21 heavy (non-hydrogen) atoms. The number of benzene rings is 1. The first kappa shape index (κ1) is 15.8. The highest BCUT2D eigenvalue weighted by Gasteiger charge is 2.30. The highest BCUT2D eigenvalue weighted by molar-refractivity contribution is 5.68. The van der Waals surface area contributed by atoms with Crippen LogP contribution in [0.25, 0.3) is 0 Å². The monoisotopic (exact) mass is 290 g/mol. The Labute approximate surface area is 127 Å². The number of likely N-dealkylation sites (tertiary alicyclic amines) is 1. The summed E-state index contributed by atoms with van der Waals surface area (Å²) in [4.78, 5) is 13.9. The van der Waals surface area contributed by atoms with E-state index >= 15 is 0 Å². The molecular weight excluding hydrogens is 264 g/mol. The third kappa shape index (κ3) is 4.46. The van der Waals surface area contributed by atoms with Crippen LogP contribution in [0.5, 0.6) is 0 Å². The van der Waals surface area contributed by atoms with Gasteiger partial charge in [-0.25, -0.2) is 4.79 Å². The number of rotatable bonds is 3. The van der Waals surface area contributed by atoms with E-state index in [1.165, 1.54) is 11.1 Å². The van der Waals surface area contributed by atoms with Gasteiger partial charge in [-0.3, -0.25) is 0 Å². The van der Waals surface area contributed by atoms with Crippen LogP contribution in [0, 0.1) is 0 Å². The highest BCUT2D eigenvalue weighted by atomic mass is 16.6. The van der Waals surface area contributed by atoms with Gasteiger partial charge in [0, 0.05) is 19.0 Å². The summed E-state index contributed by atoms with van der Waals surface area (Å²) in [6, 6.07) is 8.60. The number of nitrogens with two attached hydrogens (primary N) is 1. The molecule has 1 saturated heterocycles. The second-order valence-electron chi connectivity index (χ2n) is 6.69. The van der Waals surface area contributed by atoms with Crippen LogP contribution in [0.2, 0.25) is 0 Å². The molecule has 1 aliphatic heterocycles. The molecule has 1 unspecified atom stereocenters. The Bertz CT molecular complexity index is 477. The lowest BCUT2D eigenvalue weighted by molar-refractivity contribution is 0.0292. The van der Waals surface area contributed by atoms with Gasteiger partial charge in [-0.15, -0.1) is 0 Å². The van der Waals surface area contributed by atoms with E-state index in [1.807, 2.05) is 25.7 Å². The van der Waals surface area contributed by atoms with Gasteiger partial charge in [0.05, 0.1) is 0 Å². The fraction of sp³-hybridized carbons (Fsp3) is 0.588. The van der Waals surface area contributed by atoms with Gasteiger partial charge in [-0.1, -0.05) is 24.3 Å². The first-order valence-electron chi connectivity index (χ1n) is 7.66. The smallest absolute Gasteiger partial charge is 0.410 e. The molecule has 0 bridgehead atoms.